The zero-order valence-electron chi connectivity index (χ0n) is 8.33. The number of nitrogens with two attached hydrogens (primary N) is 1. The SMILES string of the molecule is Cc1cccc(C)c1N/C(N)=C\C#N. The minimum atomic E-state index is 0.366. The second kappa shape index (κ2) is 4.33. The van der Waals surface area contributed by atoms with Crippen molar-refractivity contribution in [2.24, 2.45) is 5.73 Å². The number of para-hydroxylation sites is 1. The van der Waals surface area contributed by atoms with Gasteiger partial charge in [-0.15, -0.1) is 0 Å². The summed E-state index contributed by atoms with van der Waals surface area (Å²) < 4.78 is 0. The Labute approximate surface area is 83.8 Å². The number of rotatable bonds is 2. The van der Waals surface area contributed by atoms with Gasteiger partial charge in [0.25, 0.3) is 0 Å². The minimum absolute atomic E-state index is 0.366. The molecule has 0 amide bonds. The van der Waals surface area contributed by atoms with E-state index in [4.69, 9.17) is 11.0 Å². The standard InChI is InChI=1S/C11H13N3/c1-8-4-3-5-9(2)11(8)14-10(13)6-7-12/h3-6,14H,13H2,1-2H3/b10-6-. The smallest absolute Gasteiger partial charge is 0.111 e. The lowest BCUT2D eigenvalue weighted by Crippen LogP contribution is -2.10. The lowest BCUT2D eigenvalue weighted by molar-refractivity contribution is 1.26. The predicted octanol–water partition coefficient (Wildman–Crippen LogP) is 2.04. The van der Waals surface area contributed by atoms with Crippen LogP contribution in [-0.4, -0.2) is 0 Å². The number of anilines is 1. The highest BCUT2D eigenvalue weighted by Crippen LogP contribution is 2.19. The zero-order chi connectivity index (χ0) is 10.6. The average Bonchev–Trinajstić information content (AvgIpc) is 2.12. The third kappa shape index (κ3) is 2.27. The van der Waals surface area contributed by atoms with Crippen LogP contribution in [0.5, 0.6) is 0 Å². The van der Waals surface area contributed by atoms with Gasteiger partial charge >= 0.3 is 0 Å². The average molecular weight is 187 g/mol. The van der Waals surface area contributed by atoms with Crippen molar-refractivity contribution >= 4 is 5.69 Å². The van der Waals surface area contributed by atoms with Crippen molar-refractivity contribution < 1.29 is 0 Å². The lowest BCUT2D eigenvalue weighted by atomic mass is 10.1. The van der Waals surface area contributed by atoms with Gasteiger partial charge in [-0.2, -0.15) is 5.26 Å². The first-order valence-corrected chi connectivity index (χ1v) is 4.33. The van der Waals surface area contributed by atoms with Gasteiger partial charge in [-0.05, 0) is 25.0 Å². The number of nitrogens with zero attached hydrogens (tertiary/aromatic N) is 1. The molecule has 0 radical (unpaired) electrons. The molecule has 0 fully saturated rings. The first-order chi connectivity index (χ1) is 6.65. The number of hydrogen-bond donors (Lipinski definition) is 2. The van der Waals surface area contributed by atoms with E-state index in [0.717, 1.165) is 16.8 Å². The van der Waals surface area contributed by atoms with E-state index in [0.29, 0.717) is 5.82 Å². The molecule has 0 spiro atoms. The van der Waals surface area contributed by atoms with Crippen molar-refractivity contribution in [1.82, 2.24) is 0 Å². The fourth-order valence-electron chi connectivity index (χ4n) is 1.26. The fraction of sp³-hybridized carbons (Fsp3) is 0.182. The second-order valence-corrected chi connectivity index (χ2v) is 3.12. The van der Waals surface area contributed by atoms with E-state index in [2.05, 4.69) is 5.32 Å². The van der Waals surface area contributed by atoms with Gasteiger partial charge in [0.2, 0.25) is 0 Å². The molecule has 0 aliphatic heterocycles. The molecule has 1 aromatic carbocycles. The van der Waals surface area contributed by atoms with Crippen molar-refractivity contribution in [3.8, 4) is 6.07 Å². The topological polar surface area (TPSA) is 61.8 Å². The van der Waals surface area contributed by atoms with E-state index >= 15 is 0 Å². The van der Waals surface area contributed by atoms with Gasteiger partial charge in [-0.3, -0.25) is 0 Å². The number of aryl methyl sites for hydroxylation is 2. The summed E-state index contributed by atoms with van der Waals surface area (Å²) in [4.78, 5) is 0. The molecule has 3 heteroatoms. The van der Waals surface area contributed by atoms with Crippen molar-refractivity contribution in [1.29, 1.82) is 5.26 Å². The molecule has 0 atom stereocenters. The van der Waals surface area contributed by atoms with Gasteiger partial charge in [-0.1, -0.05) is 18.2 Å². The molecule has 3 N–H and O–H groups in total. The Hall–Kier alpha value is -1.95. The molecular weight excluding hydrogens is 174 g/mol. The number of allylic oxidation sites excluding steroid dienone is 1. The first kappa shape index (κ1) is 10.1. The summed E-state index contributed by atoms with van der Waals surface area (Å²) in [6, 6.07) is 7.85. The molecule has 72 valence electrons. The summed E-state index contributed by atoms with van der Waals surface area (Å²) in [6.07, 6.45) is 1.28. The maximum Gasteiger partial charge on any atom is 0.111 e. The van der Waals surface area contributed by atoms with Crippen LogP contribution in [0.1, 0.15) is 11.1 Å². The molecule has 0 heterocycles. The minimum Gasteiger partial charge on any atom is -0.385 e. The van der Waals surface area contributed by atoms with E-state index in [-0.39, 0.29) is 0 Å². The van der Waals surface area contributed by atoms with E-state index < -0.39 is 0 Å². The molecule has 0 saturated carbocycles. The summed E-state index contributed by atoms with van der Waals surface area (Å²) in [5.74, 6) is 0.366. The maximum absolute atomic E-state index is 8.41. The summed E-state index contributed by atoms with van der Waals surface area (Å²) in [6.45, 7) is 3.99. The molecule has 3 nitrogen and oxygen atoms in total. The first-order valence-electron chi connectivity index (χ1n) is 4.33. The van der Waals surface area contributed by atoms with Crippen LogP contribution in [0.2, 0.25) is 0 Å². The van der Waals surface area contributed by atoms with Crippen LogP contribution in [0.15, 0.2) is 30.1 Å². The normalized spacial score (nSPS) is 10.8. The molecule has 0 saturated heterocycles. The van der Waals surface area contributed by atoms with Gasteiger partial charge < -0.3 is 11.1 Å². The Kier molecular flexibility index (Phi) is 3.14. The van der Waals surface area contributed by atoms with Crippen LogP contribution in [0.4, 0.5) is 5.69 Å². The Morgan fingerprint density at radius 2 is 2.00 bits per heavy atom. The van der Waals surface area contributed by atoms with Crippen molar-refractivity contribution in [2.75, 3.05) is 5.32 Å². The third-order valence-corrected chi connectivity index (χ3v) is 1.97. The number of nitrogens with one attached hydrogen (secondary N) is 1. The van der Waals surface area contributed by atoms with Crippen molar-refractivity contribution in [2.45, 2.75) is 13.8 Å². The molecule has 0 aliphatic rings. The summed E-state index contributed by atoms with van der Waals surface area (Å²) in [5.41, 5.74) is 8.77. The summed E-state index contributed by atoms with van der Waals surface area (Å²) in [5, 5.41) is 11.4. The van der Waals surface area contributed by atoms with Crippen molar-refractivity contribution in [3.05, 3.63) is 41.2 Å². The van der Waals surface area contributed by atoms with Crippen molar-refractivity contribution in [3.63, 3.8) is 0 Å². The quantitative estimate of drug-likeness (QED) is 0.696. The fourth-order valence-corrected chi connectivity index (χ4v) is 1.26. The highest BCUT2D eigenvalue weighted by molar-refractivity contribution is 5.59. The predicted molar refractivity (Wildman–Crippen MR) is 57.4 cm³/mol. The van der Waals surface area contributed by atoms with E-state index in [1.165, 1.54) is 6.08 Å². The molecular formula is C11H13N3. The molecule has 0 aliphatic carbocycles. The Morgan fingerprint density at radius 3 is 2.50 bits per heavy atom. The molecule has 14 heavy (non-hydrogen) atoms. The van der Waals surface area contributed by atoms with E-state index in [1.54, 1.807) is 0 Å². The Balaban J connectivity index is 2.98. The van der Waals surface area contributed by atoms with Crippen LogP contribution in [0.25, 0.3) is 0 Å². The maximum atomic E-state index is 8.41. The van der Waals surface area contributed by atoms with Crippen LogP contribution in [-0.2, 0) is 0 Å². The van der Waals surface area contributed by atoms with Gasteiger partial charge in [0.15, 0.2) is 0 Å². The molecule has 0 bridgehead atoms. The van der Waals surface area contributed by atoms with E-state index in [9.17, 15) is 0 Å². The van der Waals surface area contributed by atoms with Crippen LogP contribution in [0, 0.1) is 25.2 Å². The Morgan fingerprint density at radius 1 is 1.43 bits per heavy atom. The lowest BCUT2D eigenvalue weighted by Gasteiger charge is -2.11. The number of benzene rings is 1. The van der Waals surface area contributed by atoms with Crippen LogP contribution in [0.3, 0.4) is 0 Å². The van der Waals surface area contributed by atoms with E-state index in [1.807, 2.05) is 38.1 Å². The van der Waals surface area contributed by atoms with Gasteiger partial charge in [0.1, 0.15) is 5.82 Å². The molecule has 1 aromatic rings. The van der Waals surface area contributed by atoms with Gasteiger partial charge in [0, 0.05) is 5.69 Å². The van der Waals surface area contributed by atoms with Crippen LogP contribution < -0.4 is 11.1 Å². The second-order valence-electron chi connectivity index (χ2n) is 3.12. The zero-order valence-corrected chi connectivity index (χ0v) is 8.33. The molecule has 0 unspecified atom stereocenters. The monoisotopic (exact) mass is 187 g/mol. The number of hydrogen-bond acceptors (Lipinski definition) is 3. The highest BCUT2D eigenvalue weighted by Gasteiger charge is 2.01. The largest absolute Gasteiger partial charge is 0.385 e. The third-order valence-electron chi connectivity index (χ3n) is 1.97. The summed E-state index contributed by atoms with van der Waals surface area (Å²) in [7, 11) is 0. The van der Waals surface area contributed by atoms with Crippen LogP contribution >= 0.6 is 0 Å². The Bertz CT molecular complexity index is 379. The molecule has 1 rings (SSSR count). The molecule has 0 aromatic heterocycles. The van der Waals surface area contributed by atoms with Gasteiger partial charge in [-0.25, -0.2) is 0 Å². The van der Waals surface area contributed by atoms with Gasteiger partial charge in [0.05, 0.1) is 12.1 Å². The highest BCUT2D eigenvalue weighted by atomic mass is 15.0. The summed E-state index contributed by atoms with van der Waals surface area (Å²) >= 11 is 0. The number of nitriles is 1.